The maximum absolute atomic E-state index is 11.4. The summed E-state index contributed by atoms with van der Waals surface area (Å²) in [5.74, 6) is 0.593. The summed E-state index contributed by atoms with van der Waals surface area (Å²) in [7, 11) is 0. The van der Waals surface area contributed by atoms with Gasteiger partial charge >= 0.3 is 0 Å². The van der Waals surface area contributed by atoms with Gasteiger partial charge in [-0.05, 0) is 23.8 Å². The second-order valence-corrected chi connectivity index (χ2v) is 5.34. The number of rotatable bonds is 6. The first-order chi connectivity index (χ1) is 9.04. The van der Waals surface area contributed by atoms with Crippen molar-refractivity contribution in [2.24, 2.45) is 11.8 Å². The van der Waals surface area contributed by atoms with E-state index < -0.39 is 0 Å². The third-order valence-electron chi connectivity index (χ3n) is 3.12. The summed E-state index contributed by atoms with van der Waals surface area (Å²) in [5.41, 5.74) is 1.07. The van der Waals surface area contributed by atoms with E-state index >= 15 is 0 Å². The number of carbonyl (C=O) groups is 1. The van der Waals surface area contributed by atoms with E-state index in [9.17, 15) is 4.79 Å². The Bertz CT molecular complexity index is 434. The van der Waals surface area contributed by atoms with Crippen LogP contribution in [0.25, 0.3) is 0 Å². The molecule has 3 heteroatoms. The van der Waals surface area contributed by atoms with Crippen LogP contribution in [0.4, 0.5) is 0 Å². The molecule has 0 aliphatic heterocycles. The van der Waals surface area contributed by atoms with Gasteiger partial charge in [0.05, 0.1) is 12.1 Å². The van der Waals surface area contributed by atoms with Crippen molar-refractivity contribution in [2.45, 2.75) is 39.7 Å². The molecular formula is C16H22N2O. The molecule has 0 fully saturated rings. The van der Waals surface area contributed by atoms with Crippen molar-refractivity contribution in [3.8, 4) is 6.07 Å². The van der Waals surface area contributed by atoms with E-state index in [1.165, 1.54) is 6.92 Å². The molecule has 0 aromatic heterocycles. The summed E-state index contributed by atoms with van der Waals surface area (Å²) in [5, 5.41) is 12.0. The maximum atomic E-state index is 11.4. The van der Waals surface area contributed by atoms with Crippen molar-refractivity contribution in [2.75, 3.05) is 0 Å². The van der Waals surface area contributed by atoms with Gasteiger partial charge in [-0.2, -0.15) is 5.26 Å². The Morgan fingerprint density at radius 3 is 2.42 bits per heavy atom. The van der Waals surface area contributed by atoms with Crippen LogP contribution in [0, 0.1) is 23.2 Å². The SMILES string of the molecule is CC(=O)N[C@H](c1ccccc1)[C@H](CC#N)CC(C)C. The molecule has 0 heterocycles. The van der Waals surface area contributed by atoms with Crippen LogP contribution in [0.1, 0.15) is 45.2 Å². The molecule has 0 aliphatic carbocycles. The highest BCUT2D eigenvalue weighted by Gasteiger charge is 2.24. The Morgan fingerprint density at radius 1 is 1.32 bits per heavy atom. The zero-order valence-electron chi connectivity index (χ0n) is 11.9. The van der Waals surface area contributed by atoms with Crippen LogP contribution in [-0.2, 0) is 4.79 Å². The van der Waals surface area contributed by atoms with Gasteiger partial charge in [0.1, 0.15) is 0 Å². The molecule has 0 saturated carbocycles. The van der Waals surface area contributed by atoms with Gasteiger partial charge in [-0.3, -0.25) is 4.79 Å². The molecule has 0 saturated heterocycles. The number of nitriles is 1. The van der Waals surface area contributed by atoms with Crippen molar-refractivity contribution < 1.29 is 4.79 Å². The third-order valence-corrected chi connectivity index (χ3v) is 3.12. The Hall–Kier alpha value is -1.82. The Kier molecular flexibility index (Phi) is 6.08. The Morgan fingerprint density at radius 2 is 1.95 bits per heavy atom. The summed E-state index contributed by atoms with van der Waals surface area (Å²) in [6, 6.07) is 12.1. The van der Waals surface area contributed by atoms with Gasteiger partial charge in [0.2, 0.25) is 5.91 Å². The van der Waals surface area contributed by atoms with Crippen molar-refractivity contribution >= 4 is 5.91 Å². The molecule has 1 aromatic carbocycles. The second kappa shape index (κ2) is 7.58. The van der Waals surface area contributed by atoms with Crippen LogP contribution in [0.5, 0.6) is 0 Å². The van der Waals surface area contributed by atoms with Gasteiger partial charge in [-0.15, -0.1) is 0 Å². The van der Waals surface area contributed by atoms with Gasteiger partial charge in [0, 0.05) is 13.3 Å². The lowest BCUT2D eigenvalue weighted by atomic mass is 9.84. The number of benzene rings is 1. The highest BCUT2D eigenvalue weighted by Crippen LogP contribution is 2.30. The summed E-state index contributed by atoms with van der Waals surface area (Å²) in [6.45, 7) is 5.80. The number of hydrogen-bond acceptors (Lipinski definition) is 2. The third kappa shape index (κ3) is 5.13. The highest BCUT2D eigenvalue weighted by molar-refractivity contribution is 5.73. The largest absolute Gasteiger partial charge is 0.349 e. The first-order valence-electron chi connectivity index (χ1n) is 6.73. The first kappa shape index (κ1) is 15.2. The molecule has 0 spiro atoms. The van der Waals surface area contributed by atoms with E-state index in [4.69, 9.17) is 5.26 Å². The molecular weight excluding hydrogens is 236 g/mol. The fourth-order valence-electron chi connectivity index (χ4n) is 2.41. The molecule has 0 radical (unpaired) electrons. The fourth-order valence-corrected chi connectivity index (χ4v) is 2.41. The molecule has 3 nitrogen and oxygen atoms in total. The van der Waals surface area contributed by atoms with Gasteiger partial charge in [-0.25, -0.2) is 0 Å². The van der Waals surface area contributed by atoms with Crippen LogP contribution in [0.3, 0.4) is 0 Å². The molecule has 1 aromatic rings. The van der Waals surface area contributed by atoms with E-state index in [1.807, 2.05) is 30.3 Å². The minimum absolute atomic E-state index is 0.0550. The van der Waals surface area contributed by atoms with E-state index in [0.717, 1.165) is 12.0 Å². The van der Waals surface area contributed by atoms with Gasteiger partial charge in [0.25, 0.3) is 0 Å². The van der Waals surface area contributed by atoms with E-state index in [0.29, 0.717) is 12.3 Å². The molecule has 0 bridgehead atoms. The predicted octanol–water partition coefficient (Wildman–Crippen LogP) is 3.44. The van der Waals surface area contributed by atoms with Gasteiger partial charge in [0.15, 0.2) is 0 Å². The highest BCUT2D eigenvalue weighted by atomic mass is 16.1. The number of hydrogen-bond donors (Lipinski definition) is 1. The summed E-state index contributed by atoms with van der Waals surface area (Å²) >= 11 is 0. The molecule has 102 valence electrons. The molecule has 1 amide bonds. The van der Waals surface area contributed by atoms with E-state index in [1.54, 1.807) is 0 Å². The van der Waals surface area contributed by atoms with E-state index in [-0.39, 0.29) is 17.9 Å². The normalized spacial score (nSPS) is 13.6. The van der Waals surface area contributed by atoms with Crippen molar-refractivity contribution in [3.63, 3.8) is 0 Å². The lowest BCUT2D eigenvalue weighted by Gasteiger charge is -2.28. The minimum atomic E-state index is -0.0826. The van der Waals surface area contributed by atoms with Crippen LogP contribution < -0.4 is 5.32 Å². The average Bonchev–Trinajstić information content (AvgIpc) is 2.36. The molecule has 1 rings (SSSR count). The smallest absolute Gasteiger partial charge is 0.217 e. The molecule has 19 heavy (non-hydrogen) atoms. The zero-order valence-corrected chi connectivity index (χ0v) is 11.9. The lowest BCUT2D eigenvalue weighted by molar-refractivity contribution is -0.120. The van der Waals surface area contributed by atoms with Gasteiger partial charge in [-0.1, -0.05) is 44.2 Å². The van der Waals surface area contributed by atoms with Crippen molar-refractivity contribution in [3.05, 3.63) is 35.9 Å². The standard InChI is InChI=1S/C16H22N2O/c1-12(2)11-15(9-10-17)16(18-13(3)19)14-7-5-4-6-8-14/h4-8,12,15-16H,9,11H2,1-3H3,(H,18,19)/t15-,16-/m1/s1. The van der Waals surface area contributed by atoms with Crippen LogP contribution >= 0.6 is 0 Å². The van der Waals surface area contributed by atoms with Crippen LogP contribution in [0.2, 0.25) is 0 Å². The van der Waals surface area contributed by atoms with Crippen molar-refractivity contribution in [1.82, 2.24) is 5.32 Å². The predicted molar refractivity (Wildman–Crippen MR) is 76.2 cm³/mol. The minimum Gasteiger partial charge on any atom is -0.349 e. The second-order valence-electron chi connectivity index (χ2n) is 5.34. The number of amides is 1. The molecule has 2 atom stereocenters. The van der Waals surface area contributed by atoms with Crippen LogP contribution in [-0.4, -0.2) is 5.91 Å². The summed E-state index contributed by atoms with van der Waals surface area (Å²) in [6.07, 6.45) is 1.38. The van der Waals surface area contributed by atoms with Gasteiger partial charge < -0.3 is 5.32 Å². The monoisotopic (exact) mass is 258 g/mol. The number of carbonyl (C=O) groups excluding carboxylic acids is 1. The topological polar surface area (TPSA) is 52.9 Å². The average molecular weight is 258 g/mol. The van der Waals surface area contributed by atoms with Crippen molar-refractivity contribution in [1.29, 1.82) is 5.26 Å². The molecule has 0 unspecified atom stereocenters. The van der Waals surface area contributed by atoms with E-state index in [2.05, 4.69) is 25.2 Å². The summed E-state index contributed by atoms with van der Waals surface area (Å²) in [4.78, 5) is 11.4. The quantitative estimate of drug-likeness (QED) is 0.849. The summed E-state index contributed by atoms with van der Waals surface area (Å²) < 4.78 is 0. The van der Waals surface area contributed by atoms with Crippen LogP contribution in [0.15, 0.2) is 30.3 Å². The fraction of sp³-hybridized carbons (Fsp3) is 0.500. The molecule has 0 aliphatic rings. The first-order valence-corrected chi connectivity index (χ1v) is 6.73. The lowest BCUT2D eigenvalue weighted by Crippen LogP contribution is -2.32. The zero-order chi connectivity index (χ0) is 14.3. The molecule has 1 N–H and O–H groups in total. The Balaban J connectivity index is 2.99. The number of nitrogens with one attached hydrogen (secondary N) is 1. The Labute approximate surface area is 115 Å². The number of nitrogens with zero attached hydrogens (tertiary/aromatic N) is 1. The maximum Gasteiger partial charge on any atom is 0.217 e.